The van der Waals surface area contributed by atoms with Gasteiger partial charge in [-0.3, -0.25) is 14.6 Å². The summed E-state index contributed by atoms with van der Waals surface area (Å²) in [6, 6.07) is 7.41. The number of nitrogens with zero attached hydrogens (tertiary/aromatic N) is 3. The molecular weight excluding hydrogens is 286 g/mol. The lowest BCUT2D eigenvalue weighted by atomic mass is 10.1. The van der Waals surface area contributed by atoms with Crippen LogP contribution in [0.5, 0.6) is 5.75 Å². The maximum atomic E-state index is 12.1. The Labute approximate surface area is 126 Å². The fraction of sp³-hybridized carbons (Fsp3) is 0.333. The van der Waals surface area contributed by atoms with Gasteiger partial charge in [-0.2, -0.15) is 5.10 Å². The Hall–Kier alpha value is -2.70. The highest BCUT2D eigenvalue weighted by atomic mass is 16.5. The smallest absolute Gasteiger partial charge is 0.321 e. The first-order valence-corrected chi connectivity index (χ1v) is 7.00. The first-order valence-electron chi connectivity index (χ1n) is 7.00. The van der Waals surface area contributed by atoms with Crippen molar-refractivity contribution in [3.05, 3.63) is 29.8 Å². The Bertz CT molecular complexity index is 666. The zero-order valence-electron chi connectivity index (χ0n) is 12.0. The summed E-state index contributed by atoms with van der Waals surface area (Å²) < 4.78 is 5.38. The second-order valence-corrected chi connectivity index (χ2v) is 4.99. The molecule has 0 fully saturated rings. The van der Waals surface area contributed by atoms with Crippen LogP contribution in [0.1, 0.15) is 18.9 Å². The molecule has 3 rings (SSSR count). The van der Waals surface area contributed by atoms with Crippen molar-refractivity contribution in [3.8, 4) is 5.75 Å². The Morgan fingerprint density at radius 2 is 2.14 bits per heavy atom. The minimum atomic E-state index is -1.25. The highest BCUT2D eigenvalue weighted by Gasteiger charge is 2.40. The van der Waals surface area contributed by atoms with Crippen LogP contribution in [-0.2, 0) is 9.59 Å². The van der Waals surface area contributed by atoms with Gasteiger partial charge in [-0.25, -0.2) is 5.01 Å². The van der Waals surface area contributed by atoms with Gasteiger partial charge in [0, 0.05) is 12.6 Å². The molecule has 2 aliphatic heterocycles. The monoisotopic (exact) mass is 301 g/mol. The summed E-state index contributed by atoms with van der Waals surface area (Å²) in [4.78, 5) is 27.2. The van der Waals surface area contributed by atoms with E-state index >= 15 is 0 Å². The Balaban J connectivity index is 1.82. The van der Waals surface area contributed by atoms with E-state index in [-0.39, 0.29) is 0 Å². The largest absolute Gasteiger partial charge is 0.494 e. The van der Waals surface area contributed by atoms with Gasteiger partial charge >= 0.3 is 5.97 Å². The summed E-state index contributed by atoms with van der Waals surface area (Å²) in [5.41, 5.74) is 1.58. The van der Waals surface area contributed by atoms with Crippen LogP contribution in [0, 0.1) is 5.92 Å². The molecule has 0 saturated carbocycles. The molecule has 1 aromatic carbocycles. The number of ether oxygens (including phenoxy) is 1. The molecule has 0 aliphatic carbocycles. The third-order valence-electron chi connectivity index (χ3n) is 3.55. The molecule has 0 spiro atoms. The summed E-state index contributed by atoms with van der Waals surface area (Å²) in [6.45, 7) is 2.51. The fourth-order valence-electron chi connectivity index (χ4n) is 2.46. The van der Waals surface area contributed by atoms with E-state index in [1.807, 2.05) is 31.2 Å². The quantitative estimate of drug-likeness (QED) is 0.844. The minimum absolute atomic E-state index is 0.440. The average Bonchev–Trinajstić information content (AvgIpc) is 2.93. The number of carboxylic acids is 1. The maximum absolute atomic E-state index is 12.1. The van der Waals surface area contributed by atoms with Crippen LogP contribution in [0.15, 0.2) is 34.4 Å². The van der Waals surface area contributed by atoms with E-state index in [2.05, 4.69) is 10.1 Å². The van der Waals surface area contributed by atoms with Gasteiger partial charge in [-0.05, 0) is 36.8 Å². The summed E-state index contributed by atoms with van der Waals surface area (Å²) in [5.74, 6) is -2.24. The van der Waals surface area contributed by atoms with Crippen molar-refractivity contribution in [2.45, 2.75) is 19.5 Å². The second kappa shape index (κ2) is 5.59. The van der Waals surface area contributed by atoms with Gasteiger partial charge in [-0.1, -0.05) is 0 Å². The zero-order valence-corrected chi connectivity index (χ0v) is 12.0. The molecule has 22 heavy (non-hydrogen) atoms. The van der Waals surface area contributed by atoms with Crippen molar-refractivity contribution in [1.82, 2.24) is 5.01 Å². The summed E-state index contributed by atoms with van der Waals surface area (Å²) >= 11 is 0. The first kappa shape index (κ1) is 14.2. The van der Waals surface area contributed by atoms with Crippen molar-refractivity contribution in [2.75, 3.05) is 6.61 Å². The lowest BCUT2D eigenvalue weighted by Gasteiger charge is -2.24. The predicted molar refractivity (Wildman–Crippen MR) is 79.0 cm³/mol. The standard InChI is InChI=1S/C15H15N3O4/c1-2-22-10-5-3-9(4-6-10)12-7-13-16-8-11(15(20)21)14(19)18(13)17-12/h3-6,8,11,13H,2,7H2,1H3,(H,20,21). The molecule has 2 aliphatic rings. The Kier molecular flexibility index (Phi) is 3.62. The molecule has 1 amide bonds. The lowest BCUT2D eigenvalue weighted by Crippen LogP contribution is -2.44. The van der Waals surface area contributed by atoms with Gasteiger partial charge in [0.15, 0.2) is 5.92 Å². The molecule has 0 bridgehead atoms. The topological polar surface area (TPSA) is 91.6 Å². The Morgan fingerprint density at radius 1 is 1.41 bits per heavy atom. The number of benzene rings is 1. The van der Waals surface area contributed by atoms with Crippen molar-refractivity contribution < 1.29 is 19.4 Å². The average molecular weight is 301 g/mol. The molecule has 0 aromatic heterocycles. The van der Waals surface area contributed by atoms with Crippen molar-refractivity contribution in [1.29, 1.82) is 0 Å². The minimum Gasteiger partial charge on any atom is -0.494 e. The molecule has 7 heteroatoms. The number of rotatable bonds is 4. The normalized spacial score (nSPS) is 23.2. The van der Waals surface area contributed by atoms with E-state index in [4.69, 9.17) is 9.84 Å². The molecule has 0 radical (unpaired) electrons. The van der Waals surface area contributed by atoms with E-state index < -0.39 is 24.0 Å². The Morgan fingerprint density at radius 3 is 2.77 bits per heavy atom. The van der Waals surface area contributed by atoms with Gasteiger partial charge in [0.1, 0.15) is 11.9 Å². The summed E-state index contributed by atoms with van der Waals surface area (Å²) in [5, 5.41) is 14.4. The molecule has 1 N–H and O–H groups in total. The molecule has 7 nitrogen and oxygen atoms in total. The van der Waals surface area contributed by atoms with Crippen molar-refractivity contribution >= 4 is 23.8 Å². The molecule has 2 heterocycles. The van der Waals surface area contributed by atoms with E-state index in [1.165, 1.54) is 11.2 Å². The third-order valence-corrected chi connectivity index (χ3v) is 3.55. The molecular formula is C15H15N3O4. The second-order valence-electron chi connectivity index (χ2n) is 4.99. The van der Waals surface area contributed by atoms with Crippen molar-refractivity contribution in [3.63, 3.8) is 0 Å². The molecule has 1 aromatic rings. The van der Waals surface area contributed by atoms with E-state index in [9.17, 15) is 9.59 Å². The summed E-state index contributed by atoms with van der Waals surface area (Å²) in [7, 11) is 0. The first-order chi connectivity index (χ1) is 10.6. The molecule has 0 saturated heterocycles. The highest BCUT2D eigenvalue weighted by Crippen LogP contribution is 2.26. The number of hydrazone groups is 1. The van der Waals surface area contributed by atoms with Gasteiger partial charge in [-0.15, -0.1) is 0 Å². The maximum Gasteiger partial charge on any atom is 0.321 e. The lowest BCUT2D eigenvalue weighted by molar-refractivity contribution is -0.149. The van der Waals surface area contributed by atoms with Crippen LogP contribution in [-0.4, -0.2) is 46.7 Å². The van der Waals surface area contributed by atoms with E-state index in [0.29, 0.717) is 18.7 Å². The molecule has 2 unspecified atom stereocenters. The zero-order chi connectivity index (χ0) is 15.7. The van der Waals surface area contributed by atoms with Gasteiger partial charge in [0.2, 0.25) is 0 Å². The van der Waals surface area contributed by atoms with Crippen LogP contribution in [0.25, 0.3) is 0 Å². The number of carbonyl (C=O) groups is 2. The number of carboxylic acid groups (broad SMARTS) is 1. The predicted octanol–water partition coefficient (Wildman–Crippen LogP) is 1.13. The number of amides is 1. The highest BCUT2D eigenvalue weighted by molar-refractivity contribution is 6.13. The number of hydrogen-bond donors (Lipinski definition) is 1. The van der Waals surface area contributed by atoms with Gasteiger partial charge < -0.3 is 9.84 Å². The number of fused-ring (bicyclic) bond motifs is 1. The van der Waals surface area contributed by atoms with E-state index in [0.717, 1.165) is 11.3 Å². The van der Waals surface area contributed by atoms with Crippen LogP contribution in [0.3, 0.4) is 0 Å². The molecule has 2 atom stereocenters. The van der Waals surface area contributed by atoms with Gasteiger partial charge in [0.25, 0.3) is 5.91 Å². The van der Waals surface area contributed by atoms with Crippen LogP contribution in [0.2, 0.25) is 0 Å². The SMILES string of the molecule is CCOc1ccc(C2=NN3C(=O)C(C(=O)O)C=NC3C2)cc1. The number of aliphatic imine (C=N–C) groups is 1. The number of hydrogen-bond acceptors (Lipinski definition) is 5. The van der Waals surface area contributed by atoms with Crippen molar-refractivity contribution in [2.24, 2.45) is 16.0 Å². The number of aliphatic carboxylic acids is 1. The fourth-order valence-corrected chi connectivity index (χ4v) is 2.46. The van der Waals surface area contributed by atoms with Crippen LogP contribution in [0.4, 0.5) is 0 Å². The number of carbonyl (C=O) groups excluding carboxylic acids is 1. The molecule has 114 valence electrons. The van der Waals surface area contributed by atoms with Gasteiger partial charge in [0.05, 0.1) is 12.3 Å². The van der Waals surface area contributed by atoms with E-state index in [1.54, 1.807) is 0 Å². The summed E-state index contributed by atoms with van der Waals surface area (Å²) in [6.07, 6.45) is 1.23. The third kappa shape index (κ3) is 2.45. The van der Waals surface area contributed by atoms with Crippen LogP contribution < -0.4 is 4.74 Å². The van der Waals surface area contributed by atoms with Crippen LogP contribution >= 0.6 is 0 Å².